The molecule has 2 aromatic heterocycles. The van der Waals surface area contributed by atoms with Crippen molar-refractivity contribution in [3.8, 4) is 17.0 Å². The topological polar surface area (TPSA) is 117 Å². The minimum atomic E-state index is -0.666. The molecular formula is C17H16FN5O2. The summed E-state index contributed by atoms with van der Waals surface area (Å²) in [5.41, 5.74) is 13.4. The Morgan fingerprint density at radius 2 is 2.12 bits per heavy atom. The summed E-state index contributed by atoms with van der Waals surface area (Å²) in [6.45, 7) is 0.323. The highest BCUT2D eigenvalue weighted by Crippen LogP contribution is 2.30. The summed E-state index contributed by atoms with van der Waals surface area (Å²) < 4.78 is 18.8. The second-order valence-corrected chi connectivity index (χ2v) is 5.35. The minimum absolute atomic E-state index is 0.0880. The molecule has 128 valence electrons. The van der Waals surface area contributed by atoms with Crippen molar-refractivity contribution in [1.82, 2.24) is 15.2 Å². The lowest BCUT2D eigenvalue weighted by atomic mass is 9.98. The third-order valence-electron chi connectivity index (χ3n) is 3.84. The van der Waals surface area contributed by atoms with Gasteiger partial charge in [0.15, 0.2) is 11.5 Å². The van der Waals surface area contributed by atoms with Gasteiger partial charge in [-0.25, -0.2) is 9.37 Å². The van der Waals surface area contributed by atoms with Gasteiger partial charge < -0.3 is 16.2 Å². The van der Waals surface area contributed by atoms with E-state index in [9.17, 15) is 9.18 Å². The Kier molecular flexibility index (Phi) is 4.53. The predicted octanol–water partition coefficient (Wildman–Crippen LogP) is 1.44. The van der Waals surface area contributed by atoms with Crippen LogP contribution in [0.5, 0.6) is 5.88 Å². The lowest BCUT2D eigenvalue weighted by Gasteiger charge is -2.11. The number of hydrogen-bond acceptors (Lipinski definition) is 6. The zero-order chi connectivity index (χ0) is 18.0. The summed E-state index contributed by atoms with van der Waals surface area (Å²) in [7, 11) is 1.35. The normalized spacial score (nSPS) is 10.8. The van der Waals surface area contributed by atoms with Crippen LogP contribution in [0.25, 0.3) is 22.0 Å². The highest BCUT2D eigenvalue weighted by molar-refractivity contribution is 6.01. The molecule has 7 nitrogen and oxygen atoms in total. The molecule has 4 N–H and O–H groups in total. The van der Waals surface area contributed by atoms with Crippen LogP contribution in [0, 0.1) is 5.82 Å². The van der Waals surface area contributed by atoms with Crippen LogP contribution in [0.1, 0.15) is 16.1 Å². The zero-order valence-electron chi connectivity index (χ0n) is 13.5. The molecule has 0 bridgehead atoms. The quantitative estimate of drug-likeness (QED) is 0.725. The van der Waals surface area contributed by atoms with Gasteiger partial charge in [-0.3, -0.25) is 4.79 Å². The van der Waals surface area contributed by atoms with E-state index in [1.165, 1.54) is 19.4 Å². The second kappa shape index (κ2) is 6.78. The maximum atomic E-state index is 14.0. The Hall–Kier alpha value is -3.13. The number of ether oxygens (including phenoxy) is 1. The Labute approximate surface area is 142 Å². The molecule has 0 radical (unpaired) electrons. The average molecular weight is 341 g/mol. The lowest BCUT2D eigenvalue weighted by Crippen LogP contribution is -2.19. The number of amides is 1. The van der Waals surface area contributed by atoms with Gasteiger partial charge in [0.2, 0.25) is 5.88 Å². The van der Waals surface area contributed by atoms with Crippen molar-refractivity contribution >= 4 is 16.8 Å². The van der Waals surface area contributed by atoms with E-state index in [1.807, 2.05) is 0 Å². The fourth-order valence-corrected chi connectivity index (χ4v) is 2.73. The van der Waals surface area contributed by atoms with Crippen molar-refractivity contribution < 1.29 is 13.9 Å². The minimum Gasteiger partial charge on any atom is -0.479 e. The van der Waals surface area contributed by atoms with Crippen LogP contribution >= 0.6 is 0 Å². The number of aromatic nitrogens is 3. The molecule has 0 spiro atoms. The third-order valence-corrected chi connectivity index (χ3v) is 3.84. The van der Waals surface area contributed by atoms with E-state index < -0.39 is 11.7 Å². The SMILES string of the molecule is COc1ncc(-c2cccc3c(CCN)c(C(N)=O)nnc23)cc1F. The number of carbonyl (C=O) groups excluding carboxylic acids is 1. The first-order chi connectivity index (χ1) is 12.1. The number of hydrogen-bond donors (Lipinski definition) is 2. The third kappa shape index (κ3) is 2.99. The highest BCUT2D eigenvalue weighted by atomic mass is 19.1. The van der Waals surface area contributed by atoms with Gasteiger partial charge in [-0.05, 0) is 24.6 Å². The highest BCUT2D eigenvalue weighted by Gasteiger charge is 2.17. The Morgan fingerprint density at radius 3 is 2.76 bits per heavy atom. The number of benzene rings is 1. The van der Waals surface area contributed by atoms with Gasteiger partial charge in [-0.2, -0.15) is 0 Å². The van der Waals surface area contributed by atoms with Gasteiger partial charge in [0, 0.05) is 22.7 Å². The number of primary amides is 1. The van der Waals surface area contributed by atoms with Gasteiger partial charge in [0.1, 0.15) is 5.52 Å². The molecular weight excluding hydrogens is 325 g/mol. The van der Waals surface area contributed by atoms with E-state index >= 15 is 0 Å². The molecule has 1 amide bonds. The summed E-state index contributed by atoms with van der Waals surface area (Å²) in [5.74, 6) is -1.34. The van der Waals surface area contributed by atoms with Crippen molar-refractivity contribution in [3.63, 3.8) is 0 Å². The van der Waals surface area contributed by atoms with Gasteiger partial charge in [0.05, 0.1) is 7.11 Å². The van der Waals surface area contributed by atoms with Crippen molar-refractivity contribution in [2.75, 3.05) is 13.7 Å². The van der Waals surface area contributed by atoms with Crippen LogP contribution in [0.15, 0.2) is 30.5 Å². The Bertz CT molecular complexity index is 961. The summed E-state index contributed by atoms with van der Waals surface area (Å²) in [6.07, 6.45) is 1.91. The number of pyridine rings is 1. The lowest BCUT2D eigenvalue weighted by molar-refractivity contribution is 0.0994. The predicted molar refractivity (Wildman–Crippen MR) is 90.6 cm³/mol. The molecule has 8 heteroatoms. The van der Waals surface area contributed by atoms with Gasteiger partial charge in [-0.15, -0.1) is 10.2 Å². The monoisotopic (exact) mass is 341 g/mol. The largest absolute Gasteiger partial charge is 0.479 e. The molecule has 25 heavy (non-hydrogen) atoms. The van der Waals surface area contributed by atoms with E-state index in [1.54, 1.807) is 18.2 Å². The zero-order valence-corrected chi connectivity index (χ0v) is 13.5. The Balaban J connectivity index is 2.26. The van der Waals surface area contributed by atoms with Crippen LogP contribution in [0.2, 0.25) is 0 Å². The molecule has 0 aliphatic heterocycles. The smallest absolute Gasteiger partial charge is 0.269 e. The van der Waals surface area contributed by atoms with Crippen LogP contribution in [0.3, 0.4) is 0 Å². The molecule has 0 atom stereocenters. The average Bonchev–Trinajstić information content (AvgIpc) is 2.61. The van der Waals surface area contributed by atoms with E-state index in [-0.39, 0.29) is 11.6 Å². The van der Waals surface area contributed by atoms with E-state index in [0.29, 0.717) is 40.6 Å². The maximum absolute atomic E-state index is 14.0. The summed E-state index contributed by atoms with van der Waals surface area (Å²) in [4.78, 5) is 15.6. The first-order valence-electron chi connectivity index (χ1n) is 7.55. The molecule has 1 aromatic carbocycles. The van der Waals surface area contributed by atoms with E-state index in [0.717, 1.165) is 0 Å². The van der Waals surface area contributed by atoms with Crippen molar-refractivity contribution in [3.05, 3.63) is 47.5 Å². The fourth-order valence-electron chi connectivity index (χ4n) is 2.73. The number of nitrogens with zero attached hydrogens (tertiary/aromatic N) is 3. The van der Waals surface area contributed by atoms with Crippen LogP contribution < -0.4 is 16.2 Å². The molecule has 0 saturated carbocycles. The molecule has 0 unspecified atom stereocenters. The molecule has 0 fully saturated rings. The Morgan fingerprint density at radius 1 is 1.32 bits per heavy atom. The van der Waals surface area contributed by atoms with E-state index in [2.05, 4.69) is 15.2 Å². The van der Waals surface area contributed by atoms with Crippen LogP contribution in [-0.4, -0.2) is 34.7 Å². The molecule has 2 heterocycles. The van der Waals surface area contributed by atoms with Crippen LogP contribution in [0.4, 0.5) is 4.39 Å². The summed E-state index contributed by atoms with van der Waals surface area (Å²) in [6, 6.07) is 6.67. The van der Waals surface area contributed by atoms with Crippen molar-refractivity contribution in [2.45, 2.75) is 6.42 Å². The fraction of sp³-hybridized carbons (Fsp3) is 0.176. The number of methoxy groups -OCH3 is 1. The summed E-state index contributed by atoms with van der Waals surface area (Å²) in [5, 5.41) is 8.77. The molecule has 3 aromatic rings. The van der Waals surface area contributed by atoms with Crippen molar-refractivity contribution in [2.24, 2.45) is 11.5 Å². The van der Waals surface area contributed by atoms with Gasteiger partial charge >= 0.3 is 0 Å². The standard InChI is InChI=1S/C17H16FN5O2/c1-25-17-13(18)7-9(8-21-17)10-3-2-4-11-12(5-6-19)15(16(20)24)23-22-14(10)11/h2-4,7-8H,5-6,19H2,1H3,(H2,20,24). The molecule has 0 aliphatic rings. The van der Waals surface area contributed by atoms with Gasteiger partial charge in [-0.1, -0.05) is 18.2 Å². The molecule has 3 rings (SSSR count). The second-order valence-electron chi connectivity index (χ2n) is 5.35. The first kappa shape index (κ1) is 16.7. The number of nitrogens with two attached hydrogens (primary N) is 2. The first-order valence-corrected chi connectivity index (χ1v) is 7.55. The van der Waals surface area contributed by atoms with E-state index in [4.69, 9.17) is 16.2 Å². The summed E-state index contributed by atoms with van der Waals surface area (Å²) >= 11 is 0. The molecule has 0 aliphatic carbocycles. The van der Waals surface area contributed by atoms with Crippen LogP contribution in [-0.2, 0) is 6.42 Å². The van der Waals surface area contributed by atoms with Crippen molar-refractivity contribution in [1.29, 1.82) is 0 Å². The molecule has 0 saturated heterocycles. The number of rotatable bonds is 5. The number of halogens is 1. The number of fused-ring (bicyclic) bond motifs is 1. The maximum Gasteiger partial charge on any atom is 0.269 e. The number of carbonyl (C=O) groups is 1. The van der Waals surface area contributed by atoms with Gasteiger partial charge in [0.25, 0.3) is 5.91 Å².